The van der Waals surface area contributed by atoms with E-state index in [1.54, 1.807) is 4.57 Å². The predicted molar refractivity (Wildman–Crippen MR) is 115 cm³/mol. The Morgan fingerprint density at radius 2 is 1.84 bits per heavy atom. The van der Waals surface area contributed by atoms with Crippen molar-refractivity contribution in [3.8, 4) is 11.1 Å². The van der Waals surface area contributed by atoms with Gasteiger partial charge in [-0.25, -0.2) is 13.2 Å². The van der Waals surface area contributed by atoms with Crippen molar-refractivity contribution < 1.29 is 13.2 Å². The van der Waals surface area contributed by atoms with Crippen molar-refractivity contribution in [3.05, 3.63) is 100 Å². The van der Waals surface area contributed by atoms with Crippen LogP contribution in [0.15, 0.2) is 89.1 Å². The predicted octanol–water partition coefficient (Wildman–Crippen LogP) is 5.43. The number of hydrogen-bond acceptors (Lipinski definition) is 3. The minimum atomic E-state index is -2.28. The zero-order valence-corrected chi connectivity index (χ0v) is 16.7. The summed E-state index contributed by atoms with van der Waals surface area (Å²) >= 11 is 0. The van der Waals surface area contributed by atoms with Crippen LogP contribution in [-0.2, 0) is 6.54 Å². The van der Waals surface area contributed by atoms with E-state index in [0.717, 1.165) is 34.5 Å². The highest BCUT2D eigenvalue weighted by atomic mass is 19.2. The second-order valence-electron chi connectivity index (χ2n) is 7.36. The molecule has 3 aromatic rings. The fraction of sp³-hybridized carbons (Fsp3) is 0.167. The highest BCUT2D eigenvalue weighted by Gasteiger charge is 2.27. The van der Waals surface area contributed by atoms with Gasteiger partial charge in [0.05, 0.1) is 6.54 Å². The Balaban J connectivity index is 1.66. The Morgan fingerprint density at radius 1 is 1.06 bits per heavy atom. The summed E-state index contributed by atoms with van der Waals surface area (Å²) in [5.74, 6) is -0.937. The number of aromatic nitrogens is 2. The summed E-state index contributed by atoms with van der Waals surface area (Å²) in [6, 6.07) is 17.0. The van der Waals surface area contributed by atoms with Gasteiger partial charge < -0.3 is 9.88 Å². The van der Waals surface area contributed by atoms with Gasteiger partial charge in [0.1, 0.15) is 5.83 Å². The van der Waals surface area contributed by atoms with Crippen LogP contribution in [0.1, 0.15) is 5.56 Å². The number of rotatable bonds is 5. The molecular weight excluding hydrogens is 403 g/mol. The van der Waals surface area contributed by atoms with Crippen LogP contribution in [-0.4, -0.2) is 21.9 Å². The molecule has 0 aliphatic heterocycles. The zero-order chi connectivity index (χ0) is 22.0. The molecule has 7 heteroatoms. The minimum Gasteiger partial charge on any atom is -0.325 e. The molecule has 2 aromatic carbocycles. The third-order valence-corrected chi connectivity index (χ3v) is 5.07. The van der Waals surface area contributed by atoms with E-state index >= 15 is 0 Å². The number of allylic oxidation sites excluding steroid dienone is 4. The molecular formula is C24H20F3N3O. The summed E-state index contributed by atoms with van der Waals surface area (Å²) < 4.78 is 42.3. The van der Waals surface area contributed by atoms with E-state index in [1.807, 2.05) is 55.5 Å². The number of nitrogens with zero attached hydrogens (tertiary/aromatic N) is 2. The molecule has 0 spiro atoms. The molecule has 1 N–H and O–H groups in total. The van der Waals surface area contributed by atoms with Crippen LogP contribution in [0.5, 0.6) is 0 Å². The van der Waals surface area contributed by atoms with Gasteiger partial charge in [-0.05, 0) is 47.4 Å². The molecule has 2 atom stereocenters. The lowest BCUT2D eigenvalue weighted by Gasteiger charge is -2.19. The first-order valence-electron chi connectivity index (χ1n) is 9.77. The van der Waals surface area contributed by atoms with Crippen molar-refractivity contribution in [2.75, 3.05) is 5.32 Å². The summed E-state index contributed by atoms with van der Waals surface area (Å²) in [6.07, 6.45) is -0.832. The third-order valence-electron chi connectivity index (χ3n) is 5.07. The van der Waals surface area contributed by atoms with E-state index in [0.29, 0.717) is 0 Å². The van der Waals surface area contributed by atoms with Gasteiger partial charge in [-0.3, -0.25) is 4.79 Å². The molecule has 0 saturated carbocycles. The molecule has 0 bridgehead atoms. The summed E-state index contributed by atoms with van der Waals surface area (Å²) in [5.41, 5.74) is 3.47. The smallest absolute Gasteiger partial charge is 0.274 e. The molecule has 1 aliphatic carbocycles. The summed E-state index contributed by atoms with van der Waals surface area (Å²) in [4.78, 5) is 15.9. The highest BCUT2D eigenvalue weighted by molar-refractivity contribution is 5.71. The molecule has 0 saturated heterocycles. The molecule has 0 radical (unpaired) electrons. The van der Waals surface area contributed by atoms with Gasteiger partial charge in [-0.2, -0.15) is 4.98 Å². The molecule has 1 aromatic heterocycles. The van der Waals surface area contributed by atoms with Gasteiger partial charge in [0.2, 0.25) is 5.95 Å². The number of alkyl halides is 2. The van der Waals surface area contributed by atoms with Crippen molar-refractivity contribution >= 4 is 11.6 Å². The Hall–Kier alpha value is -3.61. The molecule has 4 rings (SSSR count). The van der Waals surface area contributed by atoms with Crippen molar-refractivity contribution in [2.24, 2.45) is 0 Å². The lowest BCUT2D eigenvalue weighted by Crippen LogP contribution is -2.22. The summed E-state index contributed by atoms with van der Waals surface area (Å²) in [6.45, 7) is 1.94. The summed E-state index contributed by atoms with van der Waals surface area (Å²) in [7, 11) is 0. The minimum absolute atomic E-state index is 0.0214. The Kier molecular flexibility index (Phi) is 5.75. The quantitative estimate of drug-likeness (QED) is 0.595. The Labute approximate surface area is 177 Å². The van der Waals surface area contributed by atoms with Gasteiger partial charge in [-0.15, -0.1) is 0 Å². The van der Waals surface area contributed by atoms with E-state index in [-0.39, 0.29) is 18.1 Å². The maximum Gasteiger partial charge on any atom is 0.274 e. The van der Waals surface area contributed by atoms with Crippen molar-refractivity contribution in [1.82, 2.24) is 9.55 Å². The number of hydrogen-bond donors (Lipinski definition) is 1. The average molecular weight is 423 g/mol. The van der Waals surface area contributed by atoms with Crippen LogP contribution in [0.3, 0.4) is 0 Å². The first-order valence-corrected chi connectivity index (χ1v) is 9.77. The fourth-order valence-corrected chi connectivity index (χ4v) is 3.39. The first-order chi connectivity index (χ1) is 14.9. The maximum atomic E-state index is 13.7. The SMILES string of the molecule is Cc1ccc(-c2ccccc2)cc1Nc1nc(=O)ccn1CC1=CC(F)C(F)C(F)=C1. The molecule has 0 fully saturated rings. The van der Waals surface area contributed by atoms with Gasteiger partial charge in [-0.1, -0.05) is 42.5 Å². The van der Waals surface area contributed by atoms with Crippen LogP contribution in [0.4, 0.5) is 24.8 Å². The van der Waals surface area contributed by atoms with Gasteiger partial charge in [0, 0.05) is 18.0 Å². The van der Waals surface area contributed by atoms with Crippen molar-refractivity contribution in [2.45, 2.75) is 25.8 Å². The lowest BCUT2D eigenvalue weighted by molar-refractivity contribution is 0.205. The van der Waals surface area contributed by atoms with Gasteiger partial charge in [0.15, 0.2) is 12.3 Å². The number of aryl methyl sites for hydroxylation is 1. The lowest BCUT2D eigenvalue weighted by atomic mass is 10.0. The van der Waals surface area contributed by atoms with Crippen molar-refractivity contribution in [1.29, 1.82) is 0 Å². The molecule has 0 amide bonds. The third kappa shape index (κ3) is 4.60. The molecule has 1 aliphatic rings. The highest BCUT2D eigenvalue weighted by Crippen LogP contribution is 2.28. The monoisotopic (exact) mass is 423 g/mol. The van der Waals surface area contributed by atoms with E-state index < -0.39 is 23.7 Å². The number of benzene rings is 2. The fourth-order valence-electron chi connectivity index (χ4n) is 3.39. The first kappa shape index (κ1) is 20.7. The number of halogens is 3. The van der Waals surface area contributed by atoms with E-state index in [2.05, 4.69) is 10.3 Å². The molecule has 4 nitrogen and oxygen atoms in total. The van der Waals surface area contributed by atoms with Crippen LogP contribution in [0.2, 0.25) is 0 Å². The van der Waals surface area contributed by atoms with Gasteiger partial charge in [0.25, 0.3) is 5.56 Å². The van der Waals surface area contributed by atoms with E-state index in [4.69, 9.17) is 0 Å². The largest absolute Gasteiger partial charge is 0.325 e. The molecule has 2 unspecified atom stereocenters. The maximum absolute atomic E-state index is 13.7. The molecule has 158 valence electrons. The molecule has 1 heterocycles. The van der Waals surface area contributed by atoms with Gasteiger partial charge >= 0.3 is 0 Å². The second kappa shape index (κ2) is 8.63. The topological polar surface area (TPSA) is 46.9 Å². The van der Waals surface area contributed by atoms with Crippen LogP contribution in [0.25, 0.3) is 11.1 Å². The van der Waals surface area contributed by atoms with Crippen molar-refractivity contribution in [3.63, 3.8) is 0 Å². The Morgan fingerprint density at radius 3 is 2.58 bits per heavy atom. The zero-order valence-electron chi connectivity index (χ0n) is 16.7. The van der Waals surface area contributed by atoms with Crippen LogP contribution in [0, 0.1) is 6.92 Å². The second-order valence-corrected chi connectivity index (χ2v) is 7.36. The van der Waals surface area contributed by atoms with Crippen LogP contribution < -0.4 is 10.9 Å². The standard InChI is InChI=1S/C24H20F3N3O/c1-15-7-8-18(17-5-3-2-4-6-17)13-21(15)28-24-29-22(31)9-10-30(24)14-16-11-19(25)23(27)20(26)12-16/h2-13,19,23H,14H2,1H3,(H,28,29,31). The molecule has 31 heavy (non-hydrogen) atoms. The Bertz CT molecular complexity index is 1220. The average Bonchev–Trinajstić information content (AvgIpc) is 2.76. The number of anilines is 2. The summed E-state index contributed by atoms with van der Waals surface area (Å²) in [5, 5.41) is 3.15. The normalized spacial score (nSPS) is 18.3. The van der Waals surface area contributed by atoms with E-state index in [9.17, 15) is 18.0 Å². The van der Waals surface area contributed by atoms with Crippen LogP contribution >= 0.6 is 0 Å². The van der Waals surface area contributed by atoms with E-state index in [1.165, 1.54) is 12.3 Å². The number of nitrogens with one attached hydrogen (secondary N) is 1.